The fourth-order valence-electron chi connectivity index (χ4n) is 1.61. The number of likely N-dealkylation sites (N-methyl/N-ethyl adjacent to an activating group) is 1. The fourth-order valence-corrected chi connectivity index (χ4v) is 1.61. The minimum atomic E-state index is -1.30. The number of rotatable bonds is 8. The molecule has 0 aromatic rings. The average Bonchev–Trinajstić information content (AvgIpc) is 2.24. The summed E-state index contributed by atoms with van der Waals surface area (Å²) in [5.74, 6) is -2.49. The highest BCUT2D eigenvalue weighted by Gasteiger charge is 2.26. The molecule has 0 bridgehead atoms. The van der Waals surface area contributed by atoms with Crippen LogP contribution in [-0.2, 0) is 19.1 Å². The highest BCUT2D eigenvalue weighted by atomic mass is 16.5. The lowest BCUT2D eigenvalue weighted by Crippen LogP contribution is -2.49. The topological polar surface area (TPSA) is 122 Å². The molecule has 0 aliphatic rings. The van der Waals surface area contributed by atoms with E-state index in [1.807, 2.05) is 21.1 Å². The summed E-state index contributed by atoms with van der Waals surface area (Å²) in [5.41, 5.74) is 5.38. The van der Waals surface area contributed by atoms with Crippen molar-refractivity contribution in [3.05, 3.63) is 0 Å². The minimum Gasteiger partial charge on any atom is -0.550 e. The highest BCUT2D eigenvalue weighted by Crippen LogP contribution is 2.06. The molecule has 3 N–H and O–H groups in total. The molecule has 0 heterocycles. The fraction of sp³-hybridized carbons (Fsp3) is 0.769. The first-order valence-electron chi connectivity index (χ1n) is 6.69. The van der Waals surface area contributed by atoms with Crippen molar-refractivity contribution in [1.82, 2.24) is 5.32 Å². The van der Waals surface area contributed by atoms with Gasteiger partial charge in [0.05, 0.1) is 27.2 Å². The molecule has 0 radical (unpaired) electrons. The van der Waals surface area contributed by atoms with E-state index in [1.165, 1.54) is 13.8 Å². The number of esters is 1. The van der Waals surface area contributed by atoms with Gasteiger partial charge >= 0.3 is 5.97 Å². The molecule has 8 heteroatoms. The third kappa shape index (κ3) is 8.98. The van der Waals surface area contributed by atoms with Gasteiger partial charge in [-0.25, -0.2) is 4.79 Å². The number of hydrogen-bond donors (Lipinski definition) is 2. The van der Waals surface area contributed by atoms with Crippen LogP contribution in [0.1, 0.15) is 20.3 Å². The van der Waals surface area contributed by atoms with Crippen LogP contribution >= 0.6 is 0 Å². The smallest absolute Gasteiger partial charge is 0.328 e. The number of carbonyl (C=O) groups excluding carboxylic acids is 3. The largest absolute Gasteiger partial charge is 0.550 e. The predicted molar refractivity (Wildman–Crippen MR) is 73.7 cm³/mol. The molecule has 0 aromatic heterocycles. The van der Waals surface area contributed by atoms with Gasteiger partial charge in [0.15, 0.2) is 6.10 Å². The van der Waals surface area contributed by atoms with Gasteiger partial charge in [-0.2, -0.15) is 0 Å². The Hall–Kier alpha value is -1.67. The highest BCUT2D eigenvalue weighted by molar-refractivity contribution is 5.87. The molecule has 0 saturated carbocycles. The van der Waals surface area contributed by atoms with Crippen molar-refractivity contribution in [2.24, 2.45) is 5.73 Å². The summed E-state index contributed by atoms with van der Waals surface area (Å²) in [7, 11) is 5.53. The quantitative estimate of drug-likeness (QED) is 0.381. The lowest BCUT2D eigenvalue weighted by Gasteiger charge is -2.30. The summed E-state index contributed by atoms with van der Waals surface area (Å²) in [6.07, 6.45) is -1.22. The Kier molecular flexibility index (Phi) is 7.31. The molecule has 0 fully saturated rings. The maximum absolute atomic E-state index is 11.9. The monoisotopic (exact) mass is 303 g/mol. The second kappa shape index (κ2) is 7.94. The zero-order valence-corrected chi connectivity index (χ0v) is 13.2. The molecular weight excluding hydrogens is 278 g/mol. The number of ether oxygens (including phenoxy) is 1. The van der Waals surface area contributed by atoms with E-state index < -0.39 is 42.5 Å². The van der Waals surface area contributed by atoms with Crippen LogP contribution in [0.3, 0.4) is 0 Å². The van der Waals surface area contributed by atoms with Crippen LogP contribution in [0.2, 0.25) is 0 Å². The molecule has 0 saturated heterocycles. The van der Waals surface area contributed by atoms with Crippen molar-refractivity contribution < 1.29 is 28.7 Å². The van der Waals surface area contributed by atoms with Gasteiger partial charge in [0.25, 0.3) is 0 Å². The number of quaternary nitrogens is 1. The Labute approximate surface area is 124 Å². The molecule has 1 unspecified atom stereocenters. The molecule has 122 valence electrons. The summed E-state index contributed by atoms with van der Waals surface area (Å²) < 4.78 is 5.57. The standard InChI is InChI=1S/C13H25N3O5/c1-8(14)12(19)15-9(2)13(20)21-10(6-11(17)18)7-16(3,4)5/h8-10H,6-7,14H2,1-5H3,(H-,15,17,18,19)/t8-,9-,10?/m0/s1. The molecule has 1 amide bonds. The van der Waals surface area contributed by atoms with Crippen LogP contribution in [0.5, 0.6) is 0 Å². The van der Waals surface area contributed by atoms with Crippen molar-refractivity contribution in [3.63, 3.8) is 0 Å². The normalized spacial score (nSPS) is 15.7. The zero-order valence-electron chi connectivity index (χ0n) is 13.2. The molecule has 21 heavy (non-hydrogen) atoms. The van der Waals surface area contributed by atoms with Gasteiger partial charge < -0.3 is 30.2 Å². The lowest BCUT2D eigenvalue weighted by atomic mass is 10.2. The lowest BCUT2D eigenvalue weighted by molar-refractivity contribution is -0.873. The summed E-state index contributed by atoms with van der Waals surface area (Å²) in [5, 5.41) is 13.1. The first-order chi connectivity index (χ1) is 9.42. The van der Waals surface area contributed by atoms with E-state index >= 15 is 0 Å². The van der Waals surface area contributed by atoms with Crippen LogP contribution in [0.25, 0.3) is 0 Å². The summed E-state index contributed by atoms with van der Waals surface area (Å²) in [6.45, 7) is 3.25. The maximum Gasteiger partial charge on any atom is 0.328 e. The van der Waals surface area contributed by atoms with Crippen molar-refractivity contribution >= 4 is 17.8 Å². The van der Waals surface area contributed by atoms with Crippen molar-refractivity contribution in [2.45, 2.75) is 38.5 Å². The third-order valence-corrected chi connectivity index (χ3v) is 2.55. The minimum absolute atomic E-state index is 0.313. The van der Waals surface area contributed by atoms with Gasteiger partial charge in [-0.1, -0.05) is 0 Å². The maximum atomic E-state index is 11.9. The third-order valence-electron chi connectivity index (χ3n) is 2.55. The molecule has 0 rings (SSSR count). The van der Waals surface area contributed by atoms with Crippen molar-refractivity contribution in [2.75, 3.05) is 27.7 Å². The van der Waals surface area contributed by atoms with E-state index in [4.69, 9.17) is 10.5 Å². The van der Waals surface area contributed by atoms with Crippen LogP contribution in [0, 0.1) is 0 Å². The van der Waals surface area contributed by atoms with Crippen molar-refractivity contribution in [3.8, 4) is 0 Å². The number of nitrogens with one attached hydrogen (secondary N) is 1. The van der Waals surface area contributed by atoms with Gasteiger partial charge in [-0.05, 0) is 13.8 Å². The van der Waals surface area contributed by atoms with E-state index in [2.05, 4.69) is 5.32 Å². The van der Waals surface area contributed by atoms with E-state index in [0.29, 0.717) is 11.0 Å². The number of carboxylic acids is 1. The molecule has 0 aromatic carbocycles. The van der Waals surface area contributed by atoms with Gasteiger partial charge in [0, 0.05) is 12.4 Å². The van der Waals surface area contributed by atoms with Crippen LogP contribution in [-0.4, -0.2) is 68.2 Å². The SMILES string of the molecule is C[C@H](N)C(=O)N[C@@H](C)C(=O)OC(CC(=O)[O-])C[N+](C)(C)C. The molecule has 8 nitrogen and oxygen atoms in total. The number of carboxylic acid groups (broad SMARTS) is 1. The zero-order chi connectivity index (χ0) is 16.8. The first-order valence-corrected chi connectivity index (χ1v) is 6.69. The number of nitrogens with zero attached hydrogens (tertiary/aromatic N) is 1. The number of amides is 1. The number of hydrogen-bond acceptors (Lipinski definition) is 6. The average molecular weight is 303 g/mol. The summed E-state index contributed by atoms with van der Waals surface area (Å²) in [6, 6.07) is -1.65. The first kappa shape index (κ1) is 19.3. The van der Waals surface area contributed by atoms with E-state index in [9.17, 15) is 19.5 Å². The molecule has 0 spiro atoms. The van der Waals surface area contributed by atoms with Crippen LogP contribution < -0.4 is 16.2 Å². The van der Waals surface area contributed by atoms with E-state index in [-0.39, 0.29) is 0 Å². The van der Waals surface area contributed by atoms with Crippen LogP contribution in [0.4, 0.5) is 0 Å². The van der Waals surface area contributed by atoms with Gasteiger partial charge in [-0.3, -0.25) is 4.79 Å². The van der Waals surface area contributed by atoms with Crippen molar-refractivity contribution in [1.29, 1.82) is 0 Å². The van der Waals surface area contributed by atoms with Gasteiger partial charge in [0.1, 0.15) is 12.6 Å². The second-order valence-electron chi connectivity index (χ2n) is 6.13. The predicted octanol–water partition coefficient (Wildman–Crippen LogP) is -2.40. The second-order valence-corrected chi connectivity index (χ2v) is 6.13. The Balaban J connectivity index is 4.64. The van der Waals surface area contributed by atoms with E-state index in [0.717, 1.165) is 0 Å². The summed E-state index contributed by atoms with van der Waals surface area (Å²) >= 11 is 0. The number of carbonyl (C=O) groups is 3. The molecule has 0 aliphatic heterocycles. The Bertz CT molecular complexity index is 390. The number of nitrogens with two attached hydrogens (primary N) is 1. The number of aliphatic carboxylic acids is 1. The van der Waals surface area contributed by atoms with Gasteiger partial charge in [-0.15, -0.1) is 0 Å². The van der Waals surface area contributed by atoms with Gasteiger partial charge in [0.2, 0.25) is 5.91 Å². The molecule has 0 aliphatic carbocycles. The Morgan fingerprint density at radius 1 is 1.24 bits per heavy atom. The van der Waals surface area contributed by atoms with Crippen LogP contribution in [0.15, 0.2) is 0 Å². The Morgan fingerprint density at radius 3 is 2.14 bits per heavy atom. The molecule has 3 atom stereocenters. The molecular formula is C13H25N3O5. The van der Waals surface area contributed by atoms with E-state index in [1.54, 1.807) is 0 Å². The Morgan fingerprint density at radius 2 is 1.76 bits per heavy atom. The summed E-state index contributed by atoms with van der Waals surface area (Å²) in [4.78, 5) is 34.0.